The monoisotopic (exact) mass is 332 g/mol. The second kappa shape index (κ2) is 8.41. The van der Waals surface area contributed by atoms with E-state index in [2.05, 4.69) is 45.1 Å². The summed E-state index contributed by atoms with van der Waals surface area (Å²) in [5.74, 6) is 0.888. The van der Waals surface area contributed by atoms with E-state index in [-0.39, 0.29) is 11.4 Å². The highest BCUT2D eigenvalue weighted by molar-refractivity contribution is 5.74. The third-order valence-corrected chi connectivity index (χ3v) is 4.65. The third kappa shape index (κ3) is 5.43. The van der Waals surface area contributed by atoms with Gasteiger partial charge in [-0.25, -0.2) is 4.79 Å². The van der Waals surface area contributed by atoms with Gasteiger partial charge in [0.05, 0.1) is 6.61 Å². The van der Waals surface area contributed by atoms with Crippen LogP contribution in [0.2, 0.25) is 0 Å². The van der Waals surface area contributed by atoms with Gasteiger partial charge in [0.25, 0.3) is 0 Å². The summed E-state index contributed by atoms with van der Waals surface area (Å²) in [5.41, 5.74) is 1.46. The highest BCUT2D eigenvalue weighted by Crippen LogP contribution is 2.24. The highest BCUT2D eigenvalue weighted by atomic mass is 16.5. The smallest absolute Gasteiger partial charge is 0.317 e. The Kier molecular flexibility index (Phi) is 6.52. The van der Waals surface area contributed by atoms with E-state index in [0.29, 0.717) is 19.2 Å². The third-order valence-electron chi connectivity index (χ3n) is 4.65. The average molecular weight is 332 g/mol. The van der Waals surface area contributed by atoms with Crippen LogP contribution in [0.1, 0.15) is 58.9 Å². The van der Waals surface area contributed by atoms with E-state index in [9.17, 15) is 4.79 Å². The Hall–Kier alpha value is -1.71. The Morgan fingerprint density at radius 3 is 2.58 bits per heavy atom. The van der Waals surface area contributed by atoms with Crippen LogP contribution >= 0.6 is 0 Å². The van der Waals surface area contributed by atoms with E-state index >= 15 is 0 Å². The van der Waals surface area contributed by atoms with Gasteiger partial charge in [0, 0.05) is 19.1 Å². The van der Waals surface area contributed by atoms with Crippen LogP contribution in [-0.4, -0.2) is 36.7 Å². The summed E-state index contributed by atoms with van der Waals surface area (Å²) in [6.45, 7) is 10.9. The van der Waals surface area contributed by atoms with Crippen molar-refractivity contribution >= 4 is 6.03 Å². The second-order valence-corrected chi connectivity index (χ2v) is 7.75. The highest BCUT2D eigenvalue weighted by Gasteiger charge is 2.22. The summed E-state index contributed by atoms with van der Waals surface area (Å²) in [4.78, 5) is 14.1. The van der Waals surface area contributed by atoms with Crippen LogP contribution < -0.4 is 10.1 Å². The fourth-order valence-corrected chi connectivity index (χ4v) is 3.01. The van der Waals surface area contributed by atoms with Crippen molar-refractivity contribution in [2.75, 3.05) is 19.7 Å². The molecule has 0 saturated carbocycles. The average Bonchev–Trinajstić information content (AvgIpc) is 2.54. The molecule has 1 fully saturated rings. The van der Waals surface area contributed by atoms with Gasteiger partial charge in [-0.3, -0.25) is 0 Å². The molecule has 4 heteroatoms. The summed E-state index contributed by atoms with van der Waals surface area (Å²) in [5, 5.41) is 3.01. The van der Waals surface area contributed by atoms with E-state index in [0.717, 1.165) is 31.6 Å². The zero-order chi connectivity index (χ0) is 17.6. The number of rotatable bonds is 5. The summed E-state index contributed by atoms with van der Waals surface area (Å²) >= 11 is 0. The molecule has 0 spiro atoms. The number of piperidine rings is 1. The van der Waals surface area contributed by atoms with Crippen molar-refractivity contribution in [2.45, 2.75) is 64.8 Å². The summed E-state index contributed by atoms with van der Waals surface area (Å²) in [7, 11) is 0. The molecule has 1 aromatic carbocycles. The van der Waals surface area contributed by atoms with Crippen molar-refractivity contribution in [3.63, 3.8) is 0 Å². The van der Waals surface area contributed by atoms with E-state index < -0.39 is 0 Å². The molecule has 4 nitrogen and oxygen atoms in total. The minimum Gasteiger partial charge on any atom is -0.494 e. The minimum atomic E-state index is 0.0664. The largest absolute Gasteiger partial charge is 0.494 e. The van der Waals surface area contributed by atoms with Gasteiger partial charge >= 0.3 is 6.03 Å². The zero-order valence-electron chi connectivity index (χ0n) is 15.6. The van der Waals surface area contributed by atoms with Crippen molar-refractivity contribution in [1.29, 1.82) is 0 Å². The van der Waals surface area contributed by atoms with Gasteiger partial charge in [-0.05, 0) is 55.7 Å². The summed E-state index contributed by atoms with van der Waals surface area (Å²) < 4.78 is 5.76. The van der Waals surface area contributed by atoms with Crippen LogP contribution in [0.5, 0.6) is 5.75 Å². The van der Waals surface area contributed by atoms with Gasteiger partial charge in [-0.2, -0.15) is 0 Å². The van der Waals surface area contributed by atoms with Crippen molar-refractivity contribution in [3.05, 3.63) is 29.8 Å². The Morgan fingerprint density at radius 1 is 1.25 bits per heavy atom. The number of hydrogen-bond donors (Lipinski definition) is 1. The predicted molar refractivity (Wildman–Crippen MR) is 98.7 cm³/mol. The molecule has 2 amide bonds. The molecule has 1 aliphatic rings. The number of benzene rings is 1. The lowest BCUT2D eigenvalue weighted by Gasteiger charge is -2.33. The number of nitrogens with zero attached hydrogens (tertiary/aromatic N) is 1. The topological polar surface area (TPSA) is 41.6 Å². The molecular weight excluding hydrogens is 300 g/mol. The van der Waals surface area contributed by atoms with E-state index in [4.69, 9.17) is 4.74 Å². The van der Waals surface area contributed by atoms with Crippen molar-refractivity contribution in [2.24, 2.45) is 0 Å². The Labute approximate surface area is 146 Å². The van der Waals surface area contributed by atoms with Gasteiger partial charge in [-0.1, -0.05) is 32.9 Å². The lowest BCUT2D eigenvalue weighted by molar-refractivity contribution is 0.157. The van der Waals surface area contributed by atoms with Gasteiger partial charge in [-0.15, -0.1) is 0 Å². The number of carbonyl (C=O) groups excluding carboxylic acids is 1. The SMILES string of the molecule is CC1CCCCN1C(=O)NCCCOc1ccc(C(C)(C)C)cc1. The zero-order valence-corrected chi connectivity index (χ0v) is 15.6. The molecule has 1 aromatic rings. The molecule has 1 aliphatic heterocycles. The minimum absolute atomic E-state index is 0.0664. The van der Waals surface area contributed by atoms with Gasteiger partial charge in [0.15, 0.2) is 0 Å². The van der Waals surface area contributed by atoms with Gasteiger partial charge in [0.2, 0.25) is 0 Å². The van der Waals surface area contributed by atoms with Crippen LogP contribution in [0, 0.1) is 0 Å². The number of hydrogen-bond acceptors (Lipinski definition) is 2. The molecule has 2 rings (SSSR count). The normalized spacial score (nSPS) is 18.3. The molecule has 24 heavy (non-hydrogen) atoms. The second-order valence-electron chi connectivity index (χ2n) is 7.75. The molecule has 1 heterocycles. The maximum atomic E-state index is 12.1. The lowest BCUT2D eigenvalue weighted by Crippen LogP contribution is -2.47. The Morgan fingerprint density at radius 2 is 1.96 bits per heavy atom. The number of urea groups is 1. The number of amides is 2. The number of likely N-dealkylation sites (tertiary alicyclic amines) is 1. The van der Waals surface area contributed by atoms with Crippen molar-refractivity contribution < 1.29 is 9.53 Å². The van der Waals surface area contributed by atoms with E-state index in [1.807, 2.05) is 17.0 Å². The fraction of sp³-hybridized carbons (Fsp3) is 0.650. The fourth-order valence-electron chi connectivity index (χ4n) is 3.01. The molecule has 0 radical (unpaired) electrons. The van der Waals surface area contributed by atoms with Crippen molar-refractivity contribution in [1.82, 2.24) is 10.2 Å². The van der Waals surface area contributed by atoms with Crippen LogP contribution in [-0.2, 0) is 5.41 Å². The maximum absolute atomic E-state index is 12.1. The molecular formula is C20H32N2O2. The lowest BCUT2D eigenvalue weighted by atomic mass is 9.87. The van der Waals surface area contributed by atoms with Crippen LogP contribution in [0.3, 0.4) is 0 Å². The molecule has 1 saturated heterocycles. The Bertz CT molecular complexity index is 519. The van der Waals surface area contributed by atoms with Gasteiger partial charge < -0.3 is 15.0 Å². The first kappa shape index (κ1) is 18.6. The molecule has 1 atom stereocenters. The van der Waals surface area contributed by atoms with E-state index in [1.54, 1.807) is 0 Å². The molecule has 1 N–H and O–H groups in total. The first-order chi connectivity index (χ1) is 11.4. The first-order valence-electron chi connectivity index (χ1n) is 9.16. The summed E-state index contributed by atoms with van der Waals surface area (Å²) in [6.07, 6.45) is 4.27. The van der Waals surface area contributed by atoms with Crippen LogP contribution in [0.15, 0.2) is 24.3 Å². The van der Waals surface area contributed by atoms with Crippen LogP contribution in [0.4, 0.5) is 4.79 Å². The molecule has 0 aromatic heterocycles. The molecule has 0 bridgehead atoms. The number of ether oxygens (including phenoxy) is 1. The number of carbonyl (C=O) groups is 1. The molecule has 0 aliphatic carbocycles. The number of nitrogens with one attached hydrogen (secondary N) is 1. The standard InChI is InChI=1S/C20H32N2O2/c1-16-8-5-6-14-22(16)19(23)21-13-7-15-24-18-11-9-17(10-12-18)20(2,3)4/h9-12,16H,5-8,13-15H2,1-4H3,(H,21,23). The van der Waals surface area contributed by atoms with Gasteiger partial charge in [0.1, 0.15) is 5.75 Å². The summed E-state index contributed by atoms with van der Waals surface area (Å²) in [6, 6.07) is 8.71. The first-order valence-corrected chi connectivity index (χ1v) is 9.16. The molecule has 134 valence electrons. The quantitative estimate of drug-likeness (QED) is 0.815. The maximum Gasteiger partial charge on any atom is 0.317 e. The predicted octanol–water partition coefficient (Wildman–Crippen LogP) is 4.34. The van der Waals surface area contributed by atoms with Crippen molar-refractivity contribution in [3.8, 4) is 5.75 Å². The molecule has 1 unspecified atom stereocenters. The van der Waals surface area contributed by atoms with E-state index in [1.165, 1.54) is 12.0 Å². The van der Waals surface area contributed by atoms with Crippen LogP contribution in [0.25, 0.3) is 0 Å². The Balaban J connectivity index is 1.65.